The lowest BCUT2D eigenvalue weighted by atomic mass is 10.2. The second-order valence-corrected chi connectivity index (χ2v) is 5.58. The number of fused-ring (bicyclic) bond motifs is 1. The predicted octanol–water partition coefficient (Wildman–Crippen LogP) is 3.34. The van der Waals surface area contributed by atoms with Crippen molar-refractivity contribution in [3.8, 4) is 5.69 Å². The molecule has 0 spiro atoms. The van der Waals surface area contributed by atoms with Crippen molar-refractivity contribution < 1.29 is 0 Å². The lowest BCUT2D eigenvalue weighted by molar-refractivity contribution is 1.01. The topological polar surface area (TPSA) is 56.7 Å². The Morgan fingerprint density at radius 1 is 1.10 bits per heavy atom. The summed E-state index contributed by atoms with van der Waals surface area (Å²) in [6, 6.07) is 8.45. The Morgan fingerprint density at radius 3 is 2.45 bits per heavy atom. The monoisotopic (exact) mass is 284 g/mol. The summed E-state index contributed by atoms with van der Waals surface area (Å²) in [6.45, 7) is 4.14. The lowest BCUT2D eigenvalue weighted by Crippen LogP contribution is -1.99. The molecule has 0 atom stereocenters. The molecule has 3 aromatic rings. The van der Waals surface area contributed by atoms with Crippen molar-refractivity contribution in [3.63, 3.8) is 0 Å². The SMILES string of the molecule is CSc1ccc(-n2c(C)c(C)c3c(N)ncnc32)cc1. The Morgan fingerprint density at radius 2 is 1.80 bits per heavy atom. The van der Waals surface area contributed by atoms with Crippen molar-refractivity contribution >= 4 is 28.6 Å². The Balaban J connectivity index is 2.30. The average Bonchev–Trinajstić information content (AvgIpc) is 2.72. The molecule has 2 heterocycles. The molecule has 2 aromatic heterocycles. The highest BCUT2D eigenvalue weighted by Crippen LogP contribution is 2.30. The number of benzene rings is 1. The molecule has 4 nitrogen and oxygen atoms in total. The van der Waals surface area contributed by atoms with Crippen LogP contribution < -0.4 is 5.73 Å². The van der Waals surface area contributed by atoms with Crippen LogP contribution in [0.25, 0.3) is 16.7 Å². The van der Waals surface area contributed by atoms with Gasteiger partial charge in [0.2, 0.25) is 0 Å². The molecule has 0 amide bonds. The highest BCUT2D eigenvalue weighted by atomic mass is 32.2. The molecule has 5 heteroatoms. The first-order valence-electron chi connectivity index (χ1n) is 6.36. The number of anilines is 1. The van der Waals surface area contributed by atoms with Crippen molar-refractivity contribution in [2.24, 2.45) is 0 Å². The van der Waals surface area contributed by atoms with Crippen LogP contribution in [0.3, 0.4) is 0 Å². The van der Waals surface area contributed by atoms with Crippen LogP contribution in [0, 0.1) is 13.8 Å². The van der Waals surface area contributed by atoms with Gasteiger partial charge in [-0.3, -0.25) is 4.57 Å². The van der Waals surface area contributed by atoms with Crippen LogP contribution in [-0.4, -0.2) is 20.8 Å². The first-order chi connectivity index (χ1) is 9.63. The third-order valence-electron chi connectivity index (χ3n) is 3.65. The van der Waals surface area contributed by atoms with Gasteiger partial charge in [0.25, 0.3) is 0 Å². The Kier molecular flexibility index (Phi) is 3.14. The summed E-state index contributed by atoms with van der Waals surface area (Å²) < 4.78 is 2.13. The minimum atomic E-state index is 0.537. The first kappa shape index (κ1) is 13.0. The van der Waals surface area contributed by atoms with Crippen LogP contribution in [0.5, 0.6) is 0 Å². The van der Waals surface area contributed by atoms with Gasteiger partial charge in [-0.1, -0.05) is 0 Å². The fourth-order valence-corrected chi connectivity index (χ4v) is 2.88. The van der Waals surface area contributed by atoms with Crippen molar-refractivity contribution in [3.05, 3.63) is 41.9 Å². The molecule has 0 saturated heterocycles. The van der Waals surface area contributed by atoms with Gasteiger partial charge < -0.3 is 5.73 Å². The zero-order chi connectivity index (χ0) is 14.3. The van der Waals surface area contributed by atoms with Crippen molar-refractivity contribution in [1.29, 1.82) is 0 Å². The Hall–Kier alpha value is -2.01. The number of thioether (sulfide) groups is 1. The molecular formula is C15H16N4S. The molecule has 0 radical (unpaired) electrons. The van der Waals surface area contributed by atoms with Crippen LogP contribution >= 0.6 is 11.8 Å². The third-order valence-corrected chi connectivity index (χ3v) is 4.40. The van der Waals surface area contributed by atoms with Gasteiger partial charge in [0.1, 0.15) is 12.1 Å². The number of aryl methyl sites for hydroxylation is 1. The molecule has 0 bridgehead atoms. The molecule has 102 valence electrons. The van der Waals surface area contributed by atoms with Crippen molar-refractivity contribution in [2.45, 2.75) is 18.7 Å². The van der Waals surface area contributed by atoms with E-state index in [9.17, 15) is 0 Å². The maximum absolute atomic E-state index is 6.00. The molecule has 3 rings (SSSR count). The highest BCUT2D eigenvalue weighted by molar-refractivity contribution is 7.98. The molecule has 2 N–H and O–H groups in total. The van der Waals surface area contributed by atoms with Gasteiger partial charge in [-0.2, -0.15) is 0 Å². The summed E-state index contributed by atoms with van der Waals surface area (Å²) in [5.41, 5.74) is 10.2. The standard InChI is InChI=1S/C15H16N4S/c1-9-10(2)19(11-4-6-12(20-3)7-5-11)15-13(9)14(16)17-8-18-15/h4-8H,1-3H3,(H2,16,17,18). The summed E-state index contributed by atoms with van der Waals surface area (Å²) in [7, 11) is 0. The third kappa shape index (κ3) is 1.86. The van der Waals surface area contributed by atoms with E-state index in [-0.39, 0.29) is 0 Å². The lowest BCUT2D eigenvalue weighted by Gasteiger charge is -2.08. The van der Waals surface area contributed by atoms with Crippen LogP contribution in [0.15, 0.2) is 35.5 Å². The van der Waals surface area contributed by atoms with E-state index < -0.39 is 0 Å². The maximum Gasteiger partial charge on any atom is 0.150 e. The fraction of sp³-hybridized carbons (Fsp3) is 0.200. The van der Waals surface area contributed by atoms with Crippen molar-refractivity contribution in [1.82, 2.24) is 14.5 Å². The number of rotatable bonds is 2. The zero-order valence-electron chi connectivity index (χ0n) is 11.7. The van der Waals surface area contributed by atoms with Gasteiger partial charge in [0, 0.05) is 16.3 Å². The fourth-order valence-electron chi connectivity index (χ4n) is 2.47. The van der Waals surface area contributed by atoms with Crippen LogP contribution in [-0.2, 0) is 0 Å². The Labute approximate surface area is 122 Å². The molecule has 0 saturated carbocycles. The number of nitrogens with zero attached hydrogens (tertiary/aromatic N) is 3. The summed E-state index contributed by atoms with van der Waals surface area (Å²) in [5.74, 6) is 0.537. The number of nitrogens with two attached hydrogens (primary N) is 1. The van der Waals surface area contributed by atoms with Crippen LogP contribution in [0.1, 0.15) is 11.3 Å². The van der Waals surface area contributed by atoms with E-state index in [1.54, 1.807) is 11.8 Å². The molecule has 0 fully saturated rings. The van der Waals surface area contributed by atoms with Gasteiger partial charge in [-0.15, -0.1) is 11.8 Å². The normalized spacial score (nSPS) is 11.2. The molecular weight excluding hydrogens is 268 g/mol. The molecule has 0 aliphatic rings. The van der Waals surface area contributed by atoms with Crippen LogP contribution in [0.4, 0.5) is 5.82 Å². The summed E-state index contributed by atoms with van der Waals surface area (Å²) in [4.78, 5) is 9.75. The molecule has 20 heavy (non-hydrogen) atoms. The second-order valence-electron chi connectivity index (χ2n) is 4.70. The van der Waals surface area contributed by atoms with Crippen molar-refractivity contribution in [2.75, 3.05) is 12.0 Å². The first-order valence-corrected chi connectivity index (χ1v) is 7.58. The number of nitrogen functional groups attached to an aromatic ring is 1. The largest absolute Gasteiger partial charge is 0.383 e. The zero-order valence-corrected chi connectivity index (χ0v) is 12.5. The van der Waals surface area contributed by atoms with E-state index in [1.165, 1.54) is 11.2 Å². The quantitative estimate of drug-likeness (QED) is 0.733. The highest BCUT2D eigenvalue weighted by Gasteiger charge is 2.16. The maximum atomic E-state index is 6.00. The number of aromatic nitrogens is 3. The van der Waals surface area contributed by atoms with Gasteiger partial charge in [-0.25, -0.2) is 9.97 Å². The number of hydrogen-bond donors (Lipinski definition) is 1. The van der Waals surface area contributed by atoms with Gasteiger partial charge in [0.15, 0.2) is 5.65 Å². The minimum Gasteiger partial charge on any atom is -0.383 e. The summed E-state index contributed by atoms with van der Waals surface area (Å²) in [6.07, 6.45) is 3.59. The van der Waals surface area contributed by atoms with E-state index in [0.29, 0.717) is 5.82 Å². The average molecular weight is 284 g/mol. The van der Waals surface area contributed by atoms with E-state index in [0.717, 1.165) is 28.0 Å². The molecule has 0 unspecified atom stereocenters. The van der Waals surface area contributed by atoms with E-state index in [4.69, 9.17) is 5.73 Å². The van der Waals surface area contributed by atoms with Gasteiger partial charge in [0.05, 0.1) is 5.39 Å². The number of hydrogen-bond acceptors (Lipinski definition) is 4. The summed E-state index contributed by atoms with van der Waals surface area (Å²) in [5, 5.41) is 0.943. The van der Waals surface area contributed by atoms with Gasteiger partial charge >= 0.3 is 0 Å². The van der Waals surface area contributed by atoms with E-state index >= 15 is 0 Å². The Bertz CT molecular complexity index is 775. The second kappa shape index (κ2) is 4.83. The molecule has 0 aliphatic heterocycles. The van der Waals surface area contributed by atoms with Gasteiger partial charge in [-0.05, 0) is 49.9 Å². The molecule has 0 aliphatic carbocycles. The summed E-state index contributed by atoms with van der Waals surface area (Å²) >= 11 is 1.73. The molecule has 1 aromatic carbocycles. The predicted molar refractivity (Wildman–Crippen MR) is 84.5 cm³/mol. The minimum absolute atomic E-state index is 0.537. The van der Waals surface area contributed by atoms with E-state index in [2.05, 4.69) is 58.9 Å². The van der Waals surface area contributed by atoms with Crippen LogP contribution in [0.2, 0.25) is 0 Å². The van der Waals surface area contributed by atoms with E-state index in [1.807, 2.05) is 0 Å². The smallest absolute Gasteiger partial charge is 0.150 e.